The van der Waals surface area contributed by atoms with Gasteiger partial charge in [-0.05, 0) is 12.1 Å². The monoisotopic (exact) mass is 365 g/mol. The maximum atomic E-state index is 13.2. The molecule has 7 nitrogen and oxygen atoms in total. The van der Waals surface area contributed by atoms with Crippen molar-refractivity contribution in [3.8, 4) is 5.69 Å². The molecule has 2 aromatic heterocycles. The summed E-state index contributed by atoms with van der Waals surface area (Å²) >= 11 is 0. The highest BCUT2D eigenvalue weighted by molar-refractivity contribution is 5.74. The number of fused-ring (bicyclic) bond motifs is 1. The highest BCUT2D eigenvalue weighted by atomic mass is 19.4. The van der Waals surface area contributed by atoms with Crippen molar-refractivity contribution in [1.82, 2.24) is 19.7 Å². The van der Waals surface area contributed by atoms with Gasteiger partial charge in [0.2, 0.25) is 5.95 Å². The van der Waals surface area contributed by atoms with Gasteiger partial charge in [-0.15, -0.1) is 5.10 Å². The van der Waals surface area contributed by atoms with Gasteiger partial charge in [0, 0.05) is 19.3 Å². The molecule has 3 heterocycles. The van der Waals surface area contributed by atoms with Crippen molar-refractivity contribution in [3.05, 3.63) is 46.4 Å². The summed E-state index contributed by atoms with van der Waals surface area (Å²) in [6.45, 7) is 2.14. The number of hydrogen-bond donors (Lipinski definition) is 1. The maximum absolute atomic E-state index is 13.2. The van der Waals surface area contributed by atoms with Crippen LogP contribution in [0.15, 0.2) is 35.3 Å². The number of nitrogens with zero attached hydrogens (tertiary/aromatic N) is 4. The summed E-state index contributed by atoms with van der Waals surface area (Å²) in [6, 6.07) is 5.05. The number of ether oxygens (including phenoxy) is 1. The minimum absolute atomic E-state index is 0.0900. The fourth-order valence-electron chi connectivity index (χ4n) is 2.87. The summed E-state index contributed by atoms with van der Waals surface area (Å²) < 4.78 is 46.0. The third kappa shape index (κ3) is 2.92. The van der Waals surface area contributed by atoms with E-state index >= 15 is 0 Å². The summed E-state index contributed by atoms with van der Waals surface area (Å²) in [4.78, 5) is 21.1. The lowest BCUT2D eigenvalue weighted by Crippen LogP contribution is -2.38. The van der Waals surface area contributed by atoms with Gasteiger partial charge >= 0.3 is 6.18 Å². The standard InChI is InChI=1S/C16H14F3N5O2/c17-16(18,19)11-3-1-2-4-12(11)24-9-10-13(22-24)20-15(21-14(10)25)23-5-7-26-8-6-23/h1-4,9H,5-8H2,(H,20,21,22,25). The lowest BCUT2D eigenvalue weighted by molar-refractivity contribution is -0.137. The molecule has 1 N–H and O–H groups in total. The summed E-state index contributed by atoms with van der Waals surface area (Å²) in [6.07, 6.45) is -3.28. The zero-order chi connectivity index (χ0) is 18.3. The van der Waals surface area contributed by atoms with Crippen LogP contribution in [0.2, 0.25) is 0 Å². The molecular weight excluding hydrogens is 351 g/mol. The molecule has 0 amide bonds. The maximum Gasteiger partial charge on any atom is 0.418 e. The Labute approximate surface area is 145 Å². The largest absolute Gasteiger partial charge is 0.418 e. The second kappa shape index (κ2) is 6.13. The minimum atomic E-state index is -4.53. The molecule has 1 aliphatic heterocycles. The summed E-state index contributed by atoms with van der Waals surface area (Å²) in [5.74, 6) is 0.333. The molecule has 1 fully saturated rings. The lowest BCUT2D eigenvalue weighted by Gasteiger charge is -2.26. The Morgan fingerprint density at radius 1 is 1.15 bits per heavy atom. The lowest BCUT2D eigenvalue weighted by atomic mass is 10.2. The molecule has 3 aromatic rings. The van der Waals surface area contributed by atoms with E-state index in [1.165, 1.54) is 24.4 Å². The Bertz CT molecular complexity index is 1010. The molecule has 0 atom stereocenters. The van der Waals surface area contributed by atoms with Gasteiger partial charge in [-0.1, -0.05) is 12.1 Å². The Morgan fingerprint density at radius 3 is 2.62 bits per heavy atom. The Kier molecular flexibility index (Phi) is 3.91. The molecule has 10 heteroatoms. The van der Waals surface area contributed by atoms with E-state index in [1.807, 2.05) is 4.90 Å². The molecule has 136 valence electrons. The smallest absolute Gasteiger partial charge is 0.378 e. The quantitative estimate of drug-likeness (QED) is 0.751. The second-order valence-corrected chi connectivity index (χ2v) is 5.81. The number of nitrogens with one attached hydrogen (secondary N) is 1. The molecule has 1 saturated heterocycles. The van der Waals surface area contributed by atoms with Gasteiger partial charge in [-0.2, -0.15) is 18.2 Å². The van der Waals surface area contributed by atoms with Crippen LogP contribution in [0.1, 0.15) is 5.56 Å². The third-order valence-electron chi connectivity index (χ3n) is 4.14. The van der Waals surface area contributed by atoms with Crippen LogP contribution in [0, 0.1) is 0 Å². The first-order chi connectivity index (χ1) is 12.4. The van der Waals surface area contributed by atoms with Gasteiger partial charge in [0.25, 0.3) is 5.56 Å². The zero-order valence-electron chi connectivity index (χ0n) is 13.5. The number of morpholine rings is 1. The highest BCUT2D eigenvalue weighted by Crippen LogP contribution is 2.33. The number of anilines is 1. The van der Waals surface area contributed by atoms with Crippen LogP contribution < -0.4 is 10.5 Å². The molecule has 0 unspecified atom stereocenters. The van der Waals surface area contributed by atoms with E-state index in [9.17, 15) is 18.0 Å². The van der Waals surface area contributed by atoms with Crippen molar-refractivity contribution in [3.63, 3.8) is 0 Å². The number of rotatable bonds is 2. The van der Waals surface area contributed by atoms with Crippen molar-refractivity contribution >= 4 is 17.0 Å². The van der Waals surface area contributed by atoms with E-state index < -0.39 is 17.3 Å². The molecule has 0 spiro atoms. The SMILES string of the molecule is O=c1[nH]c(N2CCOCC2)nc2nn(-c3ccccc3C(F)(F)F)cc12. The van der Waals surface area contributed by atoms with Crippen LogP contribution in [0.4, 0.5) is 19.1 Å². The van der Waals surface area contributed by atoms with Crippen molar-refractivity contribution in [2.24, 2.45) is 0 Å². The molecule has 0 radical (unpaired) electrons. The van der Waals surface area contributed by atoms with Crippen LogP contribution in [-0.2, 0) is 10.9 Å². The topological polar surface area (TPSA) is 76.0 Å². The van der Waals surface area contributed by atoms with E-state index in [1.54, 1.807) is 0 Å². The van der Waals surface area contributed by atoms with E-state index in [0.717, 1.165) is 10.7 Å². The molecule has 26 heavy (non-hydrogen) atoms. The first-order valence-corrected chi connectivity index (χ1v) is 7.92. The van der Waals surface area contributed by atoms with Crippen LogP contribution in [0.5, 0.6) is 0 Å². The van der Waals surface area contributed by atoms with Gasteiger partial charge in [0.15, 0.2) is 5.65 Å². The molecule has 0 saturated carbocycles. The zero-order valence-corrected chi connectivity index (χ0v) is 13.5. The number of H-pyrrole nitrogens is 1. The number of alkyl halides is 3. The second-order valence-electron chi connectivity index (χ2n) is 5.81. The van der Waals surface area contributed by atoms with E-state index in [2.05, 4.69) is 15.1 Å². The van der Waals surface area contributed by atoms with Crippen molar-refractivity contribution in [1.29, 1.82) is 0 Å². The molecule has 4 rings (SSSR count). The van der Waals surface area contributed by atoms with Gasteiger partial charge in [-0.3, -0.25) is 9.78 Å². The first-order valence-electron chi connectivity index (χ1n) is 7.92. The van der Waals surface area contributed by atoms with Crippen molar-refractivity contribution < 1.29 is 17.9 Å². The molecule has 1 aromatic carbocycles. The Hall–Kier alpha value is -2.88. The Balaban J connectivity index is 1.82. The van der Waals surface area contributed by atoms with Crippen LogP contribution >= 0.6 is 0 Å². The first kappa shape index (κ1) is 16.6. The van der Waals surface area contributed by atoms with Gasteiger partial charge in [0.1, 0.15) is 5.39 Å². The predicted octanol–water partition coefficient (Wildman–Crippen LogP) is 1.96. The molecular formula is C16H14F3N5O2. The number of benzene rings is 1. The molecule has 1 aliphatic rings. The summed E-state index contributed by atoms with van der Waals surface area (Å²) in [5.41, 5.74) is -1.36. The summed E-state index contributed by atoms with van der Waals surface area (Å²) in [7, 11) is 0. The van der Waals surface area contributed by atoms with E-state index in [-0.39, 0.29) is 16.7 Å². The number of aromatic nitrogens is 4. The third-order valence-corrected chi connectivity index (χ3v) is 4.14. The number of aromatic amines is 1. The van der Waals surface area contributed by atoms with Gasteiger partial charge < -0.3 is 9.64 Å². The van der Waals surface area contributed by atoms with Crippen molar-refractivity contribution in [2.45, 2.75) is 6.18 Å². The van der Waals surface area contributed by atoms with Crippen LogP contribution in [0.25, 0.3) is 16.7 Å². The predicted molar refractivity (Wildman–Crippen MR) is 87.5 cm³/mol. The van der Waals surface area contributed by atoms with Gasteiger partial charge in [-0.25, -0.2) is 4.68 Å². The minimum Gasteiger partial charge on any atom is -0.378 e. The van der Waals surface area contributed by atoms with Crippen molar-refractivity contribution in [2.75, 3.05) is 31.2 Å². The fourth-order valence-corrected chi connectivity index (χ4v) is 2.87. The van der Waals surface area contributed by atoms with Crippen LogP contribution in [-0.4, -0.2) is 46.1 Å². The Morgan fingerprint density at radius 2 is 1.88 bits per heavy atom. The molecule has 0 bridgehead atoms. The van der Waals surface area contributed by atoms with Gasteiger partial charge in [0.05, 0.1) is 24.5 Å². The normalized spacial score (nSPS) is 15.6. The highest BCUT2D eigenvalue weighted by Gasteiger charge is 2.34. The summed E-state index contributed by atoms with van der Waals surface area (Å²) in [5, 5.41) is 4.23. The average Bonchev–Trinajstić information content (AvgIpc) is 3.06. The average molecular weight is 365 g/mol. The van der Waals surface area contributed by atoms with E-state index in [4.69, 9.17) is 4.74 Å². The fraction of sp³-hybridized carbons (Fsp3) is 0.312. The number of para-hydroxylation sites is 1. The number of halogens is 3. The molecule has 0 aliphatic carbocycles. The van der Waals surface area contributed by atoms with Crippen LogP contribution in [0.3, 0.4) is 0 Å². The number of hydrogen-bond acceptors (Lipinski definition) is 5. The van der Waals surface area contributed by atoms with E-state index in [0.29, 0.717) is 32.3 Å².